The first-order valence-corrected chi connectivity index (χ1v) is 8.58. The van der Waals surface area contributed by atoms with Gasteiger partial charge in [0.1, 0.15) is 23.0 Å². The summed E-state index contributed by atoms with van der Waals surface area (Å²) in [6.07, 6.45) is 0. The van der Waals surface area contributed by atoms with E-state index < -0.39 is 10.0 Å². The third-order valence-electron chi connectivity index (χ3n) is 2.54. The molecular weight excluding hydrogens is 414 g/mol. The van der Waals surface area contributed by atoms with Crippen molar-refractivity contribution in [2.75, 3.05) is 4.72 Å². The van der Waals surface area contributed by atoms with Crippen LogP contribution in [0.4, 0.5) is 5.69 Å². The highest BCUT2D eigenvalue weighted by Gasteiger charge is 2.22. The van der Waals surface area contributed by atoms with Crippen molar-refractivity contribution in [3.63, 3.8) is 0 Å². The van der Waals surface area contributed by atoms with Crippen LogP contribution in [-0.4, -0.2) is 13.5 Å². The molecule has 0 aliphatic carbocycles. The molecule has 5 nitrogen and oxygen atoms in total. The molecule has 2 N–H and O–H groups in total. The van der Waals surface area contributed by atoms with Gasteiger partial charge in [-0.25, -0.2) is 8.42 Å². The molecule has 0 atom stereocenters. The van der Waals surface area contributed by atoms with Gasteiger partial charge in [0.25, 0.3) is 10.0 Å². The number of rotatable bonds is 4. The lowest BCUT2D eigenvalue weighted by molar-refractivity contribution is 0.245. The summed E-state index contributed by atoms with van der Waals surface area (Å²) in [6.45, 7) is 1.18. The van der Waals surface area contributed by atoms with Crippen molar-refractivity contribution in [3.05, 3.63) is 44.7 Å². The van der Waals surface area contributed by atoms with Gasteiger partial charge in [0.05, 0.1) is 5.69 Å². The van der Waals surface area contributed by atoms with Crippen molar-refractivity contribution >= 4 is 47.6 Å². The average Bonchev–Trinajstić information content (AvgIpc) is 2.75. The number of benzene rings is 1. The molecule has 0 saturated heterocycles. The maximum absolute atomic E-state index is 12.3. The van der Waals surface area contributed by atoms with E-state index in [0.717, 1.165) is 4.47 Å². The van der Waals surface area contributed by atoms with Crippen LogP contribution >= 0.6 is 31.9 Å². The van der Waals surface area contributed by atoms with E-state index in [0.29, 0.717) is 10.2 Å². The number of nitrogens with one attached hydrogen (secondary N) is 1. The molecule has 0 unspecified atom stereocenters. The van der Waals surface area contributed by atoms with E-state index in [1.807, 2.05) is 0 Å². The molecule has 20 heavy (non-hydrogen) atoms. The molecule has 0 amide bonds. The van der Waals surface area contributed by atoms with Gasteiger partial charge in [-0.3, -0.25) is 4.72 Å². The summed E-state index contributed by atoms with van der Waals surface area (Å²) in [5.41, 5.74) is 0.416. The Bertz CT molecular complexity index is 740. The van der Waals surface area contributed by atoms with Crippen LogP contribution in [0.15, 0.2) is 42.5 Å². The minimum absolute atomic E-state index is 0.0105. The number of hydrogen-bond donors (Lipinski definition) is 2. The van der Waals surface area contributed by atoms with Crippen molar-refractivity contribution in [2.45, 2.75) is 18.4 Å². The van der Waals surface area contributed by atoms with Gasteiger partial charge in [-0.05, 0) is 41.1 Å². The van der Waals surface area contributed by atoms with Crippen molar-refractivity contribution in [1.29, 1.82) is 0 Å². The van der Waals surface area contributed by atoms with Crippen LogP contribution in [0.2, 0.25) is 0 Å². The smallest absolute Gasteiger partial charge is 0.265 e. The van der Waals surface area contributed by atoms with E-state index >= 15 is 0 Å². The minimum atomic E-state index is -3.77. The summed E-state index contributed by atoms with van der Waals surface area (Å²) in [7, 11) is -3.77. The number of halogens is 2. The molecular formula is C12H11Br2NO4S. The molecule has 1 heterocycles. The molecule has 1 aromatic carbocycles. The van der Waals surface area contributed by atoms with E-state index in [2.05, 4.69) is 36.6 Å². The lowest BCUT2D eigenvalue weighted by atomic mass is 10.3. The van der Waals surface area contributed by atoms with E-state index in [1.165, 1.54) is 13.0 Å². The first kappa shape index (κ1) is 15.6. The number of aliphatic hydroxyl groups excluding tert-OH is 1. The number of hydrogen-bond acceptors (Lipinski definition) is 4. The van der Waals surface area contributed by atoms with Crippen molar-refractivity contribution in [2.24, 2.45) is 0 Å². The Balaban J connectivity index is 2.38. The number of anilines is 1. The molecule has 0 radical (unpaired) electrons. The average molecular weight is 425 g/mol. The molecule has 2 aromatic rings. The quantitative estimate of drug-likeness (QED) is 0.788. The van der Waals surface area contributed by atoms with Crippen LogP contribution in [0.25, 0.3) is 0 Å². The fourth-order valence-electron chi connectivity index (χ4n) is 1.64. The molecule has 0 aliphatic heterocycles. The zero-order valence-electron chi connectivity index (χ0n) is 10.4. The van der Waals surface area contributed by atoms with Gasteiger partial charge in [0.2, 0.25) is 0 Å². The Labute approximate surface area is 133 Å². The topological polar surface area (TPSA) is 79.5 Å². The van der Waals surface area contributed by atoms with E-state index in [9.17, 15) is 8.42 Å². The summed E-state index contributed by atoms with van der Waals surface area (Å²) >= 11 is 6.58. The number of aryl methyl sites for hydroxylation is 1. The minimum Gasteiger partial charge on any atom is -0.462 e. The van der Waals surface area contributed by atoms with Crippen molar-refractivity contribution in [3.8, 4) is 0 Å². The third kappa shape index (κ3) is 3.25. The monoisotopic (exact) mass is 423 g/mol. The summed E-state index contributed by atoms with van der Waals surface area (Å²) in [5.74, 6) is 0.438. The number of aliphatic hydroxyl groups is 1. The Hall–Kier alpha value is -0.830. The van der Waals surface area contributed by atoms with Crippen LogP contribution in [0.1, 0.15) is 11.5 Å². The van der Waals surface area contributed by atoms with Crippen LogP contribution in [0.3, 0.4) is 0 Å². The Morgan fingerprint density at radius 3 is 2.55 bits per heavy atom. The predicted molar refractivity (Wildman–Crippen MR) is 82.0 cm³/mol. The lowest BCUT2D eigenvalue weighted by Gasteiger charge is -2.09. The highest BCUT2D eigenvalue weighted by Crippen LogP contribution is 2.29. The van der Waals surface area contributed by atoms with Gasteiger partial charge in [-0.15, -0.1) is 0 Å². The molecule has 0 aliphatic rings. The van der Waals surface area contributed by atoms with Gasteiger partial charge in [0.15, 0.2) is 0 Å². The first-order chi connectivity index (χ1) is 9.33. The van der Waals surface area contributed by atoms with E-state index in [1.54, 1.807) is 18.2 Å². The third-order valence-corrected chi connectivity index (χ3v) is 5.17. The Kier molecular flexibility index (Phi) is 4.58. The highest BCUT2D eigenvalue weighted by atomic mass is 79.9. The second-order valence-corrected chi connectivity index (χ2v) is 7.44. The zero-order chi connectivity index (χ0) is 14.9. The summed E-state index contributed by atoms with van der Waals surface area (Å²) in [5, 5.41) is 8.98. The second-order valence-electron chi connectivity index (χ2n) is 4.02. The van der Waals surface area contributed by atoms with Crippen LogP contribution in [0.5, 0.6) is 0 Å². The first-order valence-electron chi connectivity index (χ1n) is 5.51. The number of furan rings is 1. The van der Waals surface area contributed by atoms with Crippen LogP contribution in [0, 0.1) is 6.92 Å². The van der Waals surface area contributed by atoms with E-state index in [4.69, 9.17) is 9.52 Å². The van der Waals surface area contributed by atoms with Crippen molar-refractivity contribution < 1.29 is 17.9 Å². The zero-order valence-corrected chi connectivity index (χ0v) is 14.3. The molecule has 0 fully saturated rings. The van der Waals surface area contributed by atoms with Crippen LogP contribution in [-0.2, 0) is 16.6 Å². The fraction of sp³-hybridized carbons (Fsp3) is 0.167. The SMILES string of the molecule is Cc1oc(CO)cc1S(=O)(=O)Nc1ccc(Br)cc1Br. The Morgan fingerprint density at radius 2 is 2.00 bits per heavy atom. The van der Waals surface area contributed by atoms with Gasteiger partial charge in [-0.1, -0.05) is 15.9 Å². The summed E-state index contributed by atoms with van der Waals surface area (Å²) in [6, 6.07) is 6.40. The van der Waals surface area contributed by atoms with Gasteiger partial charge in [-0.2, -0.15) is 0 Å². The Morgan fingerprint density at radius 1 is 1.30 bits per heavy atom. The molecule has 8 heteroatoms. The summed E-state index contributed by atoms with van der Waals surface area (Å²) < 4.78 is 33.7. The van der Waals surface area contributed by atoms with Gasteiger partial charge >= 0.3 is 0 Å². The van der Waals surface area contributed by atoms with Crippen LogP contribution < -0.4 is 4.72 Å². The second kappa shape index (κ2) is 5.88. The molecule has 1 aromatic heterocycles. The molecule has 0 bridgehead atoms. The predicted octanol–water partition coefficient (Wildman–Crippen LogP) is 3.41. The van der Waals surface area contributed by atoms with E-state index in [-0.39, 0.29) is 23.0 Å². The maximum atomic E-state index is 12.3. The lowest BCUT2D eigenvalue weighted by Crippen LogP contribution is -2.13. The number of sulfonamides is 1. The highest BCUT2D eigenvalue weighted by molar-refractivity contribution is 9.11. The maximum Gasteiger partial charge on any atom is 0.265 e. The standard InChI is InChI=1S/C12H11Br2NO4S/c1-7-12(5-9(6-16)19-7)20(17,18)15-11-3-2-8(13)4-10(11)14/h2-5,15-16H,6H2,1H3. The fourth-order valence-corrected chi connectivity index (χ4v) is 4.20. The molecule has 2 rings (SSSR count). The summed E-state index contributed by atoms with van der Waals surface area (Å²) in [4.78, 5) is 0.0105. The normalized spacial score (nSPS) is 11.6. The molecule has 0 saturated carbocycles. The van der Waals surface area contributed by atoms with Crippen molar-refractivity contribution in [1.82, 2.24) is 0 Å². The molecule has 0 spiro atoms. The molecule has 108 valence electrons. The van der Waals surface area contributed by atoms with Gasteiger partial charge < -0.3 is 9.52 Å². The van der Waals surface area contributed by atoms with Gasteiger partial charge in [0, 0.05) is 15.0 Å². The largest absolute Gasteiger partial charge is 0.462 e.